The van der Waals surface area contributed by atoms with E-state index in [2.05, 4.69) is 27.2 Å². The van der Waals surface area contributed by atoms with Crippen molar-refractivity contribution < 1.29 is 13.6 Å². The molecule has 0 bridgehead atoms. The predicted octanol–water partition coefficient (Wildman–Crippen LogP) is 4.45. The maximum absolute atomic E-state index is 13.3. The van der Waals surface area contributed by atoms with Crippen molar-refractivity contribution in [3.8, 4) is 0 Å². The maximum Gasteiger partial charge on any atom is 0.287 e. The lowest BCUT2D eigenvalue weighted by molar-refractivity contribution is 0.0917. The Balaban J connectivity index is 1.37. The van der Waals surface area contributed by atoms with Crippen LogP contribution in [0.5, 0.6) is 0 Å². The van der Waals surface area contributed by atoms with E-state index < -0.39 is 0 Å². The number of rotatable bonds is 10. The van der Waals surface area contributed by atoms with Crippen LogP contribution >= 0.6 is 0 Å². The molecule has 0 radical (unpaired) electrons. The number of carbonyl (C=O) groups is 1. The lowest BCUT2D eigenvalue weighted by Gasteiger charge is -2.21. The quantitative estimate of drug-likeness (QED) is 0.511. The van der Waals surface area contributed by atoms with Gasteiger partial charge in [-0.15, -0.1) is 0 Å². The number of furan rings is 1. The first kappa shape index (κ1) is 22.2. The van der Waals surface area contributed by atoms with Gasteiger partial charge in [0.1, 0.15) is 11.6 Å². The highest BCUT2D eigenvalue weighted by molar-refractivity contribution is 5.91. The molecule has 4 rings (SSSR count). The van der Waals surface area contributed by atoms with Gasteiger partial charge in [0.05, 0.1) is 6.54 Å². The molecule has 5 nitrogen and oxygen atoms in total. The van der Waals surface area contributed by atoms with Crippen molar-refractivity contribution in [1.29, 1.82) is 0 Å². The number of hydrogen-bond donors (Lipinski definition) is 1. The average Bonchev–Trinajstić information content (AvgIpc) is 3.48. The third-order valence-electron chi connectivity index (χ3n) is 5.75. The van der Waals surface area contributed by atoms with E-state index in [9.17, 15) is 9.18 Å². The largest absolute Gasteiger partial charge is 0.455 e. The standard InChI is InChI=1S/C26H30FN3O2/c27-23-10-8-22(9-11-23)19-30(18-21-6-2-1-3-7-21)20-24-12-13-25(32-24)26(31)28-14-17-29-15-4-5-16-29/h1-3,6-13H,4-5,14-20H2,(H,28,31). The molecular formula is C26H30FN3O2. The Morgan fingerprint density at radius 1 is 0.906 bits per heavy atom. The van der Waals surface area contributed by atoms with Crippen molar-refractivity contribution in [3.63, 3.8) is 0 Å². The second kappa shape index (κ2) is 11.1. The van der Waals surface area contributed by atoms with E-state index in [1.807, 2.05) is 24.3 Å². The van der Waals surface area contributed by atoms with Gasteiger partial charge in [-0.1, -0.05) is 42.5 Å². The molecule has 1 aliphatic rings. The van der Waals surface area contributed by atoms with Gasteiger partial charge in [-0.25, -0.2) is 4.39 Å². The van der Waals surface area contributed by atoms with Crippen molar-refractivity contribution >= 4 is 5.91 Å². The number of likely N-dealkylation sites (tertiary alicyclic amines) is 1. The molecule has 1 saturated heterocycles. The molecule has 6 heteroatoms. The Labute approximate surface area is 188 Å². The fraction of sp³-hybridized carbons (Fsp3) is 0.346. The van der Waals surface area contributed by atoms with Crippen LogP contribution in [-0.2, 0) is 19.6 Å². The Morgan fingerprint density at radius 3 is 2.31 bits per heavy atom. The minimum Gasteiger partial charge on any atom is -0.455 e. The van der Waals surface area contributed by atoms with Crippen LogP contribution in [0.4, 0.5) is 4.39 Å². The molecule has 0 unspecified atom stereocenters. The maximum atomic E-state index is 13.3. The van der Waals surface area contributed by atoms with Crippen LogP contribution in [0.2, 0.25) is 0 Å². The Kier molecular flexibility index (Phi) is 7.69. The van der Waals surface area contributed by atoms with Crippen LogP contribution < -0.4 is 5.32 Å². The summed E-state index contributed by atoms with van der Waals surface area (Å²) in [5.41, 5.74) is 2.20. The highest BCUT2D eigenvalue weighted by atomic mass is 19.1. The molecule has 0 saturated carbocycles. The fourth-order valence-electron chi connectivity index (χ4n) is 4.08. The van der Waals surface area contributed by atoms with Gasteiger partial charge in [0, 0.05) is 26.2 Å². The molecule has 1 fully saturated rings. The number of hydrogen-bond acceptors (Lipinski definition) is 4. The van der Waals surface area contributed by atoms with E-state index in [0.717, 1.165) is 37.5 Å². The van der Waals surface area contributed by atoms with Gasteiger partial charge in [0.25, 0.3) is 5.91 Å². The molecule has 0 spiro atoms. The second-order valence-corrected chi connectivity index (χ2v) is 8.33. The highest BCUT2D eigenvalue weighted by Crippen LogP contribution is 2.17. The zero-order valence-corrected chi connectivity index (χ0v) is 18.3. The molecule has 32 heavy (non-hydrogen) atoms. The third kappa shape index (κ3) is 6.52. The summed E-state index contributed by atoms with van der Waals surface area (Å²) in [4.78, 5) is 17.0. The predicted molar refractivity (Wildman–Crippen MR) is 123 cm³/mol. The van der Waals surface area contributed by atoms with Crippen LogP contribution in [-0.4, -0.2) is 41.9 Å². The minimum absolute atomic E-state index is 0.177. The lowest BCUT2D eigenvalue weighted by Crippen LogP contribution is -2.33. The first-order valence-electron chi connectivity index (χ1n) is 11.3. The fourth-order valence-corrected chi connectivity index (χ4v) is 4.08. The summed E-state index contributed by atoms with van der Waals surface area (Å²) in [7, 11) is 0. The molecular weight excluding hydrogens is 405 g/mol. The monoisotopic (exact) mass is 435 g/mol. The first-order chi connectivity index (χ1) is 15.7. The van der Waals surface area contributed by atoms with Crippen molar-refractivity contribution in [2.75, 3.05) is 26.2 Å². The van der Waals surface area contributed by atoms with Crippen LogP contribution in [0.25, 0.3) is 0 Å². The number of amides is 1. The topological polar surface area (TPSA) is 48.7 Å². The molecule has 1 N–H and O–H groups in total. The Bertz CT molecular complexity index is 982. The van der Waals surface area contributed by atoms with E-state index in [1.54, 1.807) is 18.2 Å². The number of benzene rings is 2. The second-order valence-electron chi connectivity index (χ2n) is 8.33. The van der Waals surface area contributed by atoms with Gasteiger partial charge >= 0.3 is 0 Å². The van der Waals surface area contributed by atoms with Crippen molar-refractivity contribution in [2.45, 2.75) is 32.5 Å². The van der Waals surface area contributed by atoms with Crippen molar-refractivity contribution in [1.82, 2.24) is 15.1 Å². The minimum atomic E-state index is -0.241. The van der Waals surface area contributed by atoms with Gasteiger partial charge in [-0.2, -0.15) is 0 Å². The number of carbonyl (C=O) groups excluding carboxylic acids is 1. The summed E-state index contributed by atoms with van der Waals surface area (Å²) in [6.07, 6.45) is 2.49. The van der Waals surface area contributed by atoms with Crippen LogP contribution in [0.15, 0.2) is 71.1 Å². The number of nitrogens with zero attached hydrogens (tertiary/aromatic N) is 2. The summed E-state index contributed by atoms with van der Waals surface area (Å²) >= 11 is 0. The van der Waals surface area contributed by atoms with Gasteiger partial charge in [0.2, 0.25) is 0 Å². The lowest BCUT2D eigenvalue weighted by atomic mass is 10.1. The van der Waals surface area contributed by atoms with E-state index >= 15 is 0 Å². The average molecular weight is 436 g/mol. The van der Waals surface area contributed by atoms with Gasteiger partial charge in [0.15, 0.2) is 5.76 Å². The molecule has 2 aromatic carbocycles. The first-order valence-corrected chi connectivity index (χ1v) is 11.3. The Hall–Kier alpha value is -2.96. The van der Waals surface area contributed by atoms with Gasteiger partial charge < -0.3 is 14.6 Å². The van der Waals surface area contributed by atoms with Crippen LogP contribution in [0, 0.1) is 5.82 Å². The molecule has 0 aliphatic carbocycles. The van der Waals surface area contributed by atoms with E-state index in [4.69, 9.17) is 4.42 Å². The van der Waals surface area contributed by atoms with Crippen molar-refractivity contribution in [3.05, 3.63) is 95.2 Å². The SMILES string of the molecule is O=C(NCCN1CCCC1)c1ccc(CN(Cc2ccccc2)Cc2ccc(F)cc2)o1. The molecule has 3 aromatic rings. The summed E-state index contributed by atoms with van der Waals surface area (Å²) in [6, 6.07) is 20.3. The zero-order chi connectivity index (χ0) is 22.2. The summed E-state index contributed by atoms with van der Waals surface area (Å²) in [5, 5.41) is 2.95. The van der Waals surface area contributed by atoms with E-state index in [0.29, 0.717) is 25.4 Å². The zero-order valence-electron chi connectivity index (χ0n) is 18.3. The molecule has 1 aliphatic heterocycles. The van der Waals surface area contributed by atoms with Gasteiger partial charge in [-0.3, -0.25) is 9.69 Å². The third-order valence-corrected chi connectivity index (χ3v) is 5.75. The van der Waals surface area contributed by atoms with Crippen LogP contribution in [0.1, 0.15) is 40.3 Å². The number of halogens is 1. The highest BCUT2D eigenvalue weighted by Gasteiger charge is 2.16. The van der Waals surface area contributed by atoms with E-state index in [1.165, 1.54) is 30.5 Å². The molecule has 1 amide bonds. The summed E-state index contributed by atoms with van der Waals surface area (Å²) in [5.74, 6) is 0.647. The number of nitrogens with one attached hydrogen (secondary N) is 1. The normalized spacial score (nSPS) is 14.2. The van der Waals surface area contributed by atoms with Crippen LogP contribution in [0.3, 0.4) is 0 Å². The molecule has 0 atom stereocenters. The van der Waals surface area contributed by atoms with Crippen molar-refractivity contribution in [2.24, 2.45) is 0 Å². The Morgan fingerprint density at radius 2 is 1.59 bits per heavy atom. The molecule has 1 aromatic heterocycles. The summed E-state index contributed by atoms with van der Waals surface area (Å²) < 4.78 is 19.2. The molecule has 2 heterocycles. The smallest absolute Gasteiger partial charge is 0.287 e. The molecule has 168 valence electrons. The summed E-state index contributed by atoms with van der Waals surface area (Å²) in [6.45, 7) is 5.65. The van der Waals surface area contributed by atoms with Gasteiger partial charge in [-0.05, 0) is 61.3 Å². The van der Waals surface area contributed by atoms with E-state index in [-0.39, 0.29) is 11.7 Å².